The Balaban J connectivity index is 1.58. The molecule has 164 valence electrons. The molecule has 30 heavy (non-hydrogen) atoms. The number of hydrogen-bond acceptors (Lipinski definition) is 4. The fourth-order valence-corrected chi connectivity index (χ4v) is 4.54. The summed E-state index contributed by atoms with van der Waals surface area (Å²) in [6.07, 6.45) is 1.43. The first-order valence-electron chi connectivity index (χ1n) is 10.3. The van der Waals surface area contributed by atoms with Gasteiger partial charge in [0.15, 0.2) is 0 Å². The van der Waals surface area contributed by atoms with Crippen molar-refractivity contribution >= 4 is 40.9 Å². The van der Waals surface area contributed by atoms with Gasteiger partial charge in [-0.25, -0.2) is 0 Å². The molecule has 0 aromatic heterocycles. The van der Waals surface area contributed by atoms with Crippen molar-refractivity contribution in [2.45, 2.75) is 38.8 Å². The van der Waals surface area contributed by atoms with Crippen LogP contribution in [0.2, 0.25) is 10.0 Å². The summed E-state index contributed by atoms with van der Waals surface area (Å²) in [6.45, 7) is 7.12. The molecule has 1 aromatic rings. The molecule has 3 rings (SSSR count). The normalized spacial score (nSPS) is 20.0. The minimum absolute atomic E-state index is 0.00229. The van der Waals surface area contributed by atoms with Crippen molar-refractivity contribution in [2.75, 3.05) is 39.3 Å². The minimum Gasteiger partial charge on any atom is -0.353 e. The van der Waals surface area contributed by atoms with Crippen LogP contribution in [-0.2, 0) is 9.59 Å². The van der Waals surface area contributed by atoms with E-state index in [9.17, 15) is 14.4 Å². The molecule has 0 aliphatic carbocycles. The number of carbonyl (C=O) groups is 3. The molecule has 9 heteroatoms. The van der Waals surface area contributed by atoms with Crippen LogP contribution < -0.4 is 5.32 Å². The molecule has 2 saturated heterocycles. The Kier molecular flexibility index (Phi) is 7.60. The summed E-state index contributed by atoms with van der Waals surface area (Å²) in [5, 5.41) is 3.67. The average molecular weight is 455 g/mol. The van der Waals surface area contributed by atoms with Gasteiger partial charge in [-0.2, -0.15) is 0 Å². The Bertz CT molecular complexity index is 789. The summed E-state index contributed by atoms with van der Waals surface area (Å²) < 4.78 is 0. The predicted molar refractivity (Wildman–Crippen MR) is 117 cm³/mol. The second kappa shape index (κ2) is 9.98. The van der Waals surface area contributed by atoms with Crippen LogP contribution in [0.25, 0.3) is 0 Å². The smallest absolute Gasteiger partial charge is 0.254 e. The predicted octanol–water partition coefficient (Wildman–Crippen LogP) is 2.27. The van der Waals surface area contributed by atoms with Crippen LogP contribution in [0.4, 0.5) is 0 Å². The lowest BCUT2D eigenvalue weighted by Crippen LogP contribution is -2.55. The lowest BCUT2D eigenvalue weighted by molar-refractivity contribution is -0.137. The van der Waals surface area contributed by atoms with Crippen molar-refractivity contribution in [1.82, 2.24) is 20.0 Å². The second-order valence-corrected chi connectivity index (χ2v) is 9.01. The molecule has 2 aliphatic heterocycles. The average Bonchev–Trinajstić information content (AvgIpc) is 3.15. The fourth-order valence-electron chi connectivity index (χ4n) is 4.02. The molecule has 2 fully saturated rings. The molecule has 3 amide bonds. The molecule has 1 atom stereocenters. The third-order valence-electron chi connectivity index (χ3n) is 5.41. The number of nitrogens with one attached hydrogen (secondary N) is 1. The molecule has 1 unspecified atom stereocenters. The summed E-state index contributed by atoms with van der Waals surface area (Å²) in [4.78, 5) is 43.6. The van der Waals surface area contributed by atoms with Gasteiger partial charge >= 0.3 is 0 Å². The van der Waals surface area contributed by atoms with Crippen LogP contribution in [0.1, 0.15) is 37.0 Å². The second-order valence-electron chi connectivity index (χ2n) is 8.14. The lowest BCUT2D eigenvalue weighted by Gasteiger charge is -2.37. The molecule has 0 bridgehead atoms. The number of benzene rings is 1. The zero-order valence-electron chi connectivity index (χ0n) is 17.4. The first-order valence-corrected chi connectivity index (χ1v) is 11.1. The van der Waals surface area contributed by atoms with Gasteiger partial charge in [0.1, 0.15) is 6.04 Å². The van der Waals surface area contributed by atoms with Gasteiger partial charge in [-0.15, -0.1) is 0 Å². The number of carbonyl (C=O) groups excluding carboxylic acids is 3. The number of likely N-dealkylation sites (tertiary alicyclic amines) is 1. The number of halogens is 2. The molecular weight excluding hydrogens is 427 g/mol. The summed E-state index contributed by atoms with van der Waals surface area (Å²) in [5.41, 5.74) is 0.396. The summed E-state index contributed by atoms with van der Waals surface area (Å²) in [7, 11) is 0. The number of amides is 3. The van der Waals surface area contributed by atoms with E-state index in [0.717, 1.165) is 6.42 Å². The van der Waals surface area contributed by atoms with Crippen LogP contribution in [0.3, 0.4) is 0 Å². The molecule has 0 spiro atoms. The van der Waals surface area contributed by atoms with Crippen molar-refractivity contribution in [3.8, 4) is 0 Å². The molecule has 2 aliphatic rings. The van der Waals surface area contributed by atoms with Gasteiger partial charge in [0.25, 0.3) is 5.91 Å². The first-order chi connectivity index (χ1) is 14.2. The third-order valence-corrected chi connectivity index (χ3v) is 5.85. The van der Waals surface area contributed by atoms with Crippen LogP contribution in [0.15, 0.2) is 18.2 Å². The van der Waals surface area contributed by atoms with Crippen LogP contribution >= 0.6 is 23.2 Å². The monoisotopic (exact) mass is 454 g/mol. The standard InChI is InChI=1S/C21H28Cl2N4O3/c1-14(2)24-19(28)13-25-6-8-26(9-7-25)21(30)18-4-3-5-27(18)20(29)15-10-16(22)12-17(23)11-15/h10-12,14,18H,3-9,13H2,1-2H3,(H,24,28). The largest absolute Gasteiger partial charge is 0.353 e. The SMILES string of the molecule is CC(C)NC(=O)CN1CCN(C(=O)C2CCCN2C(=O)c2cc(Cl)cc(Cl)c2)CC1. The van der Waals surface area contributed by atoms with E-state index in [4.69, 9.17) is 23.2 Å². The fraction of sp³-hybridized carbons (Fsp3) is 0.571. The molecular formula is C21H28Cl2N4O3. The molecule has 1 N–H and O–H groups in total. The van der Waals surface area contributed by atoms with Gasteiger partial charge < -0.3 is 15.1 Å². The van der Waals surface area contributed by atoms with Crippen LogP contribution in [0, 0.1) is 0 Å². The van der Waals surface area contributed by atoms with Gasteiger partial charge in [0, 0.05) is 54.4 Å². The van der Waals surface area contributed by atoms with E-state index in [2.05, 4.69) is 5.32 Å². The van der Waals surface area contributed by atoms with Gasteiger partial charge in [0.2, 0.25) is 11.8 Å². The highest BCUT2D eigenvalue weighted by molar-refractivity contribution is 6.35. The highest BCUT2D eigenvalue weighted by atomic mass is 35.5. The van der Waals surface area contributed by atoms with E-state index in [1.54, 1.807) is 28.0 Å². The Morgan fingerprint density at radius 2 is 1.67 bits per heavy atom. The van der Waals surface area contributed by atoms with Gasteiger partial charge in [0.05, 0.1) is 6.54 Å². The quantitative estimate of drug-likeness (QED) is 0.740. The number of piperazine rings is 1. The molecule has 0 saturated carbocycles. The molecule has 1 aromatic carbocycles. The van der Waals surface area contributed by atoms with Crippen molar-refractivity contribution in [3.63, 3.8) is 0 Å². The zero-order chi connectivity index (χ0) is 21.8. The van der Waals surface area contributed by atoms with E-state index in [1.165, 1.54) is 0 Å². The van der Waals surface area contributed by atoms with Crippen molar-refractivity contribution in [1.29, 1.82) is 0 Å². The maximum Gasteiger partial charge on any atom is 0.254 e. The van der Waals surface area contributed by atoms with Gasteiger partial charge in [-0.3, -0.25) is 19.3 Å². The molecule has 2 heterocycles. The highest BCUT2D eigenvalue weighted by Crippen LogP contribution is 2.25. The van der Waals surface area contributed by atoms with Crippen molar-refractivity contribution < 1.29 is 14.4 Å². The minimum atomic E-state index is -0.467. The number of hydrogen-bond donors (Lipinski definition) is 1. The Morgan fingerprint density at radius 3 is 2.27 bits per heavy atom. The Labute approximate surface area is 187 Å². The van der Waals surface area contributed by atoms with Crippen molar-refractivity contribution in [2.24, 2.45) is 0 Å². The summed E-state index contributed by atoms with van der Waals surface area (Å²) in [6, 6.07) is 4.38. The Hall–Kier alpha value is -1.83. The summed E-state index contributed by atoms with van der Waals surface area (Å²) in [5.74, 6) is -0.253. The van der Waals surface area contributed by atoms with Gasteiger partial charge in [-0.05, 0) is 44.9 Å². The maximum atomic E-state index is 13.1. The summed E-state index contributed by atoms with van der Waals surface area (Å²) >= 11 is 12.1. The van der Waals surface area contributed by atoms with Crippen molar-refractivity contribution in [3.05, 3.63) is 33.8 Å². The lowest BCUT2D eigenvalue weighted by atomic mass is 10.1. The topological polar surface area (TPSA) is 73.0 Å². The zero-order valence-corrected chi connectivity index (χ0v) is 18.9. The van der Waals surface area contributed by atoms with Gasteiger partial charge in [-0.1, -0.05) is 23.2 Å². The van der Waals surface area contributed by atoms with Crippen LogP contribution in [-0.4, -0.2) is 83.8 Å². The van der Waals surface area contributed by atoms with Crippen LogP contribution in [0.5, 0.6) is 0 Å². The van der Waals surface area contributed by atoms with E-state index in [1.807, 2.05) is 18.7 Å². The highest BCUT2D eigenvalue weighted by Gasteiger charge is 2.38. The van der Waals surface area contributed by atoms with E-state index < -0.39 is 6.04 Å². The third kappa shape index (κ3) is 5.65. The first kappa shape index (κ1) is 22.8. The van der Waals surface area contributed by atoms with E-state index >= 15 is 0 Å². The number of nitrogens with zero attached hydrogens (tertiary/aromatic N) is 3. The van der Waals surface area contributed by atoms with E-state index in [0.29, 0.717) is 61.3 Å². The maximum absolute atomic E-state index is 13.1. The molecule has 0 radical (unpaired) electrons. The number of rotatable bonds is 5. The van der Waals surface area contributed by atoms with E-state index in [-0.39, 0.29) is 23.8 Å². The molecule has 7 nitrogen and oxygen atoms in total. The Morgan fingerprint density at radius 1 is 1.03 bits per heavy atom.